The van der Waals surface area contributed by atoms with Gasteiger partial charge in [0.1, 0.15) is 24.5 Å². The van der Waals surface area contributed by atoms with Crippen molar-refractivity contribution in [3.63, 3.8) is 0 Å². The molecule has 0 aromatic heterocycles. The summed E-state index contributed by atoms with van der Waals surface area (Å²) in [6.45, 7) is 1.92. The van der Waals surface area contributed by atoms with Crippen LogP contribution in [0.1, 0.15) is 37.3 Å². The molecule has 222 valence electrons. The molecule has 3 rings (SSSR count). The molecule has 0 aliphatic carbocycles. The van der Waals surface area contributed by atoms with Crippen LogP contribution in [-0.2, 0) is 25.5 Å². The summed E-state index contributed by atoms with van der Waals surface area (Å²) in [6, 6.07) is 6.69. The van der Waals surface area contributed by atoms with Gasteiger partial charge in [0.15, 0.2) is 28.8 Å². The minimum absolute atomic E-state index is 0.0259. The molecule has 1 fully saturated rings. The van der Waals surface area contributed by atoms with Crippen molar-refractivity contribution < 1.29 is 48.7 Å². The largest absolute Gasteiger partial charge is 0.504 e. The predicted octanol–water partition coefficient (Wildman–Crippen LogP) is 2.87. The first kappa shape index (κ1) is 31.3. The summed E-state index contributed by atoms with van der Waals surface area (Å²) in [4.78, 5) is 40.0. The lowest BCUT2D eigenvalue weighted by Crippen LogP contribution is -2.44. The van der Waals surface area contributed by atoms with E-state index in [4.69, 9.17) is 18.9 Å². The molecule has 11 heteroatoms. The summed E-state index contributed by atoms with van der Waals surface area (Å²) in [6.07, 6.45) is 2.78. The number of hydrogen-bond acceptors (Lipinski definition) is 10. The van der Waals surface area contributed by atoms with E-state index in [0.717, 1.165) is 0 Å². The van der Waals surface area contributed by atoms with E-state index >= 15 is 0 Å². The van der Waals surface area contributed by atoms with Gasteiger partial charge in [0.25, 0.3) is 0 Å². The van der Waals surface area contributed by atoms with E-state index in [1.165, 1.54) is 44.4 Å². The molecule has 1 saturated heterocycles. The molecule has 0 radical (unpaired) electrons. The Morgan fingerprint density at radius 1 is 1.00 bits per heavy atom. The fourth-order valence-corrected chi connectivity index (χ4v) is 4.70. The number of hydrogen-bond donors (Lipinski definition) is 3. The number of carbonyl (C=O) groups is 3. The number of carbonyl (C=O) groups excluding carboxylic acids is 3. The van der Waals surface area contributed by atoms with Gasteiger partial charge in [0.05, 0.1) is 21.3 Å². The third kappa shape index (κ3) is 7.91. The van der Waals surface area contributed by atoms with Crippen LogP contribution in [0.5, 0.6) is 28.7 Å². The lowest BCUT2D eigenvalue weighted by molar-refractivity contribution is -0.153. The maximum Gasteiger partial charge on any atom is 0.329 e. The van der Waals surface area contributed by atoms with Gasteiger partial charge >= 0.3 is 5.97 Å². The van der Waals surface area contributed by atoms with Crippen molar-refractivity contribution in [2.75, 3.05) is 34.5 Å². The molecule has 0 spiro atoms. The number of Topliss-reactive ketones (excluding diaryl/α,β-unsaturated/α-hetero) is 1. The number of amides is 1. The highest BCUT2D eigenvalue weighted by atomic mass is 16.5. The normalized spacial score (nSPS) is 16.3. The fourth-order valence-electron chi connectivity index (χ4n) is 4.70. The average molecular weight is 572 g/mol. The minimum atomic E-state index is -1.38. The Morgan fingerprint density at radius 2 is 1.68 bits per heavy atom. The SMILES string of the molecule is COc1cc(OC)c(OC)cc1/C=C/COC(=O)[C@@H]1CCCN1C(=O)[C@H](C)CC(=O)[C@H](O)Cc1ccc(O)c(O)c1. The Balaban J connectivity index is 1.54. The third-order valence-electron chi connectivity index (χ3n) is 6.93. The second-order valence-corrected chi connectivity index (χ2v) is 9.79. The molecule has 1 aliphatic rings. The van der Waals surface area contributed by atoms with Crippen LogP contribution in [0, 0.1) is 5.92 Å². The van der Waals surface area contributed by atoms with Crippen LogP contribution in [0.2, 0.25) is 0 Å². The van der Waals surface area contributed by atoms with Crippen LogP contribution in [0.3, 0.4) is 0 Å². The van der Waals surface area contributed by atoms with E-state index in [0.29, 0.717) is 47.8 Å². The first-order valence-corrected chi connectivity index (χ1v) is 13.2. The summed E-state index contributed by atoms with van der Waals surface area (Å²) in [7, 11) is 4.58. The van der Waals surface area contributed by atoms with Crippen LogP contribution in [0.4, 0.5) is 0 Å². The van der Waals surface area contributed by atoms with Gasteiger partial charge in [-0.2, -0.15) is 0 Å². The van der Waals surface area contributed by atoms with Crippen molar-refractivity contribution in [1.29, 1.82) is 0 Å². The van der Waals surface area contributed by atoms with Gasteiger partial charge in [-0.1, -0.05) is 19.1 Å². The molecular weight excluding hydrogens is 534 g/mol. The molecule has 0 unspecified atom stereocenters. The highest BCUT2D eigenvalue weighted by molar-refractivity contribution is 5.91. The second-order valence-electron chi connectivity index (χ2n) is 9.79. The summed E-state index contributed by atoms with van der Waals surface area (Å²) >= 11 is 0. The quantitative estimate of drug-likeness (QED) is 0.242. The van der Waals surface area contributed by atoms with Crippen molar-refractivity contribution in [2.24, 2.45) is 5.92 Å². The van der Waals surface area contributed by atoms with Crippen molar-refractivity contribution in [1.82, 2.24) is 4.90 Å². The van der Waals surface area contributed by atoms with Crippen LogP contribution in [-0.4, -0.2) is 84.5 Å². The van der Waals surface area contributed by atoms with E-state index in [2.05, 4.69) is 0 Å². The highest BCUT2D eigenvalue weighted by Gasteiger charge is 2.37. The Labute approximate surface area is 238 Å². The molecule has 0 bridgehead atoms. The number of rotatable bonds is 13. The summed E-state index contributed by atoms with van der Waals surface area (Å²) in [5.74, 6) is -1.26. The van der Waals surface area contributed by atoms with Gasteiger partial charge in [-0.15, -0.1) is 0 Å². The highest BCUT2D eigenvalue weighted by Crippen LogP contribution is 2.35. The second kappa shape index (κ2) is 14.4. The lowest BCUT2D eigenvalue weighted by Gasteiger charge is -2.26. The molecule has 2 aromatic rings. The number of methoxy groups -OCH3 is 3. The van der Waals surface area contributed by atoms with Gasteiger partial charge in [-0.05, 0) is 42.7 Å². The Bertz CT molecular complexity index is 1270. The van der Waals surface area contributed by atoms with E-state index < -0.39 is 29.8 Å². The summed E-state index contributed by atoms with van der Waals surface area (Å²) < 4.78 is 21.4. The maximum atomic E-state index is 13.1. The fraction of sp³-hybridized carbons (Fsp3) is 0.433. The van der Waals surface area contributed by atoms with Crippen molar-refractivity contribution in [3.05, 3.63) is 47.5 Å². The van der Waals surface area contributed by atoms with Gasteiger partial charge in [-0.3, -0.25) is 9.59 Å². The Kier molecular flexibility index (Phi) is 11.0. The molecule has 2 aromatic carbocycles. The van der Waals surface area contributed by atoms with Gasteiger partial charge in [0.2, 0.25) is 5.91 Å². The van der Waals surface area contributed by atoms with E-state index in [1.807, 2.05) is 0 Å². The van der Waals surface area contributed by atoms with E-state index in [9.17, 15) is 29.7 Å². The number of nitrogens with zero attached hydrogens (tertiary/aromatic N) is 1. The summed E-state index contributed by atoms with van der Waals surface area (Å²) in [5.41, 5.74) is 1.16. The average Bonchev–Trinajstić information content (AvgIpc) is 3.46. The molecule has 1 amide bonds. The molecular formula is C30H37NO10. The number of benzene rings is 2. The van der Waals surface area contributed by atoms with Crippen LogP contribution in [0.15, 0.2) is 36.4 Å². The number of ether oxygens (including phenoxy) is 4. The Morgan fingerprint density at radius 3 is 2.34 bits per heavy atom. The Hall–Kier alpha value is -4.25. The van der Waals surface area contributed by atoms with Gasteiger partial charge in [-0.25, -0.2) is 4.79 Å². The van der Waals surface area contributed by atoms with Gasteiger partial charge < -0.3 is 39.2 Å². The molecule has 11 nitrogen and oxygen atoms in total. The first-order chi connectivity index (χ1) is 19.6. The number of phenols is 2. The monoisotopic (exact) mass is 571 g/mol. The zero-order valence-corrected chi connectivity index (χ0v) is 23.7. The van der Waals surface area contributed by atoms with Crippen LogP contribution < -0.4 is 14.2 Å². The maximum absolute atomic E-state index is 13.1. The molecule has 3 atom stereocenters. The lowest BCUT2D eigenvalue weighted by atomic mass is 9.96. The zero-order valence-electron chi connectivity index (χ0n) is 23.7. The number of aromatic hydroxyl groups is 2. The number of phenolic OH excluding ortho intramolecular Hbond substituents is 2. The van der Waals surface area contributed by atoms with E-state index in [-0.39, 0.29) is 36.9 Å². The number of aliphatic hydroxyl groups excluding tert-OH is 1. The van der Waals surface area contributed by atoms with Crippen LogP contribution in [0.25, 0.3) is 6.08 Å². The van der Waals surface area contributed by atoms with Gasteiger partial charge in [0, 0.05) is 36.9 Å². The minimum Gasteiger partial charge on any atom is -0.504 e. The standard InChI is InChI=1S/C30H37NO10/c1-18(13-23(33)25(35)15-19-9-10-22(32)24(34)14-19)29(36)31-11-5-8-21(31)30(37)41-12-6-7-20-16-27(39-3)28(40-4)17-26(20)38-2/h6-7,9-10,14,16-18,21,25,32,34-35H,5,8,11-13,15H2,1-4H3/b7-6+/t18-,21+,25-/m1/s1. The first-order valence-electron chi connectivity index (χ1n) is 13.2. The molecule has 1 aliphatic heterocycles. The van der Waals surface area contributed by atoms with Crippen molar-refractivity contribution in [2.45, 2.75) is 44.8 Å². The van der Waals surface area contributed by atoms with E-state index in [1.54, 1.807) is 31.2 Å². The molecule has 1 heterocycles. The number of esters is 1. The number of aliphatic hydroxyl groups is 1. The topological polar surface area (TPSA) is 152 Å². The smallest absolute Gasteiger partial charge is 0.329 e. The zero-order chi connectivity index (χ0) is 30.1. The van der Waals surface area contributed by atoms with Crippen molar-refractivity contribution >= 4 is 23.7 Å². The number of likely N-dealkylation sites (tertiary alicyclic amines) is 1. The van der Waals surface area contributed by atoms with Crippen LogP contribution >= 0.6 is 0 Å². The number of ketones is 1. The summed E-state index contributed by atoms with van der Waals surface area (Å²) in [5, 5.41) is 29.4. The third-order valence-corrected chi connectivity index (χ3v) is 6.93. The molecule has 41 heavy (non-hydrogen) atoms. The van der Waals surface area contributed by atoms with Crippen molar-refractivity contribution in [3.8, 4) is 28.7 Å². The molecule has 0 saturated carbocycles. The molecule has 3 N–H and O–H groups in total. The predicted molar refractivity (Wildman–Crippen MR) is 149 cm³/mol.